The highest BCUT2D eigenvalue weighted by molar-refractivity contribution is 8.76. The van der Waals surface area contributed by atoms with Crippen LogP contribution in [0.15, 0.2) is 47.9 Å². The first-order valence-electron chi connectivity index (χ1n) is 7.95. The third kappa shape index (κ3) is 4.01. The highest BCUT2D eigenvalue weighted by atomic mass is 35.5. The number of benzene rings is 1. The van der Waals surface area contributed by atoms with Gasteiger partial charge in [0.2, 0.25) is 5.16 Å². The second kappa shape index (κ2) is 8.25. The summed E-state index contributed by atoms with van der Waals surface area (Å²) in [5, 5.41) is 21.6. The third-order valence-corrected chi connectivity index (χ3v) is 6.06. The summed E-state index contributed by atoms with van der Waals surface area (Å²) in [4.78, 5) is 5.14. The molecule has 0 aliphatic rings. The molecule has 0 N–H and O–H groups in total. The number of hydrogen-bond acceptors (Lipinski definition) is 8. The average molecular weight is 435 g/mol. The van der Waals surface area contributed by atoms with Crippen LogP contribution < -0.4 is 0 Å². The summed E-state index contributed by atoms with van der Waals surface area (Å²) in [5.74, 6) is 1.21. The fourth-order valence-electron chi connectivity index (χ4n) is 2.32. The molecule has 0 unspecified atom stereocenters. The van der Waals surface area contributed by atoms with Crippen molar-refractivity contribution in [2.24, 2.45) is 7.05 Å². The van der Waals surface area contributed by atoms with Gasteiger partial charge in [0.05, 0.1) is 5.75 Å². The lowest BCUT2D eigenvalue weighted by Gasteiger charge is -2.02. The molecule has 0 saturated carbocycles. The van der Waals surface area contributed by atoms with Gasteiger partial charge >= 0.3 is 0 Å². The van der Waals surface area contributed by atoms with Crippen LogP contribution in [0.1, 0.15) is 5.82 Å². The Bertz CT molecular complexity index is 1100. The highest BCUT2D eigenvalue weighted by Crippen LogP contribution is 2.33. The van der Waals surface area contributed by atoms with E-state index in [1.165, 1.54) is 39.8 Å². The van der Waals surface area contributed by atoms with E-state index in [0.717, 1.165) is 21.3 Å². The minimum absolute atomic E-state index is 0.152. The summed E-state index contributed by atoms with van der Waals surface area (Å²) in [6, 6.07) is 7.93. The predicted molar refractivity (Wildman–Crippen MR) is 106 cm³/mol. The molecule has 3 heterocycles. The molecule has 3 aromatic heterocycles. The maximum atomic E-state index is 13.9. The Labute approximate surface area is 171 Å². The summed E-state index contributed by atoms with van der Waals surface area (Å²) in [6.45, 7) is 0. The van der Waals surface area contributed by atoms with Gasteiger partial charge in [0.1, 0.15) is 5.69 Å². The van der Waals surface area contributed by atoms with Crippen LogP contribution in [-0.2, 0) is 12.8 Å². The summed E-state index contributed by atoms with van der Waals surface area (Å²) in [6.07, 6.45) is 3.42. The predicted octanol–water partition coefficient (Wildman–Crippen LogP) is 3.59. The van der Waals surface area contributed by atoms with Gasteiger partial charge in [-0.25, -0.2) is 4.39 Å². The largest absolute Gasteiger partial charge is 0.304 e. The van der Waals surface area contributed by atoms with Crippen molar-refractivity contribution in [1.82, 2.24) is 40.0 Å². The van der Waals surface area contributed by atoms with Crippen LogP contribution in [0.3, 0.4) is 0 Å². The van der Waals surface area contributed by atoms with Gasteiger partial charge in [-0.2, -0.15) is 0 Å². The second-order valence-electron chi connectivity index (χ2n) is 5.54. The van der Waals surface area contributed by atoms with E-state index in [9.17, 15) is 4.39 Å². The van der Waals surface area contributed by atoms with E-state index in [0.29, 0.717) is 16.6 Å². The molecule has 4 aromatic rings. The molecule has 142 valence electrons. The Balaban J connectivity index is 1.41. The number of tetrazole rings is 1. The number of aromatic nitrogens is 8. The summed E-state index contributed by atoms with van der Waals surface area (Å²) >= 11 is 5.90. The van der Waals surface area contributed by atoms with Gasteiger partial charge in [0, 0.05) is 30.0 Å². The third-order valence-electron chi connectivity index (χ3n) is 3.67. The topological polar surface area (TPSA) is 87.2 Å². The number of halogens is 2. The minimum atomic E-state index is -0.474. The van der Waals surface area contributed by atoms with Gasteiger partial charge in [-0.1, -0.05) is 22.4 Å². The van der Waals surface area contributed by atoms with E-state index in [1.807, 2.05) is 23.7 Å². The van der Waals surface area contributed by atoms with Gasteiger partial charge in [-0.3, -0.25) is 4.98 Å². The summed E-state index contributed by atoms with van der Waals surface area (Å²) in [7, 11) is 4.82. The van der Waals surface area contributed by atoms with Crippen LogP contribution in [0.5, 0.6) is 0 Å². The minimum Gasteiger partial charge on any atom is -0.304 e. The van der Waals surface area contributed by atoms with Gasteiger partial charge in [0.25, 0.3) is 0 Å². The Morgan fingerprint density at radius 2 is 1.93 bits per heavy atom. The van der Waals surface area contributed by atoms with Crippen molar-refractivity contribution in [1.29, 1.82) is 0 Å². The SMILES string of the molecule is Cn1c(SSCc2nnn(-c3cc(Cl)ccc3F)n2)nnc1-c1ccncc1. The average Bonchev–Trinajstić information content (AvgIpc) is 3.32. The molecule has 0 aliphatic carbocycles. The molecule has 0 radical (unpaired) electrons. The normalized spacial score (nSPS) is 11.1. The van der Waals surface area contributed by atoms with Crippen molar-refractivity contribution in [3.63, 3.8) is 0 Å². The van der Waals surface area contributed by atoms with Gasteiger partial charge in [-0.15, -0.1) is 25.2 Å². The van der Waals surface area contributed by atoms with Crippen molar-refractivity contribution < 1.29 is 4.39 Å². The van der Waals surface area contributed by atoms with Gasteiger partial charge in [0.15, 0.2) is 17.5 Å². The molecule has 28 heavy (non-hydrogen) atoms. The van der Waals surface area contributed by atoms with E-state index in [1.54, 1.807) is 12.4 Å². The van der Waals surface area contributed by atoms with Crippen LogP contribution >= 0.6 is 33.2 Å². The van der Waals surface area contributed by atoms with Crippen LogP contribution in [0, 0.1) is 5.82 Å². The van der Waals surface area contributed by atoms with E-state index in [-0.39, 0.29) is 5.69 Å². The molecule has 12 heteroatoms. The van der Waals surface area contributed by atoms with Crippen LogP contribution in [0.2, 0.25) is 5.02 Å². The maximum absolute atomic E-state index is 13.9. The first-order valence-corrected chi connectivity index (χ1v) is 10.6. The molecule has 0 atom stereocenters. The lowest BCUT2D eigenvalue weighted by atomic mass is 10.2. The lowest BCUT2D eigenvalue weighted by molar-refractivity contribution is 0.591. The van der Waals surface area contributed by atoms with E-state index >= 15 is 0 Å². The van der Waals surface area contributed by atoms with E-state index in [2.05, 4.69) is 30.6 Å². The summed E-state index contributed by atoms with van der Waals surface area (Å²) < 4.78 is 15.8. The zero-order valence-electron chi connectivity index (χ0n) is 14.4. The number of nitrogens with zero attached hydrogens (tertiary/aromatic N) is 8. The number of rotatable bonds is 6. The quantitative estimate of drug-likeness (QED) is 0.425. The van der Waals surface area contributed by atoms with E-state index < -0.39 is 5.82 Å². The van der Waals surface area contributed by atoms with Crippen LogP contribution in [-0.4, -0.2) is 40.0 Å². The molecule has 0 fully saturated rings. The molecule has 8 nitrogen and oxygen atoms in total. The molecule has 1 aromatic carbocycles. The maximum Gasteiger partial charge on any atom is 0.201 e. The monoisotopic (exact) mass is 434 g/mol. The van der Waals surface area contributed by atoms with E-state index in [4.69, 9.17) is 11.6 Å². The van der Waals surface area contributed by atoms with Crippen LogP contribution in [0.25, 0.3) is 17.1 Å². The lowest BCUT2D eigenvalue weighted by Crippen LogP contribution is -2.02. The van der Waals surface area contributed by atoms with Gasteiger partial charge < -0.3 is 4.57 Å². The fraction of sp³-hybridized carbons (Fsp3) is 0.125. The Morgan fingerprint density at radius 1 is 1.11 bits per heavy atom. The van der Waals surface area contributed by atoms with Crippen molar-refractivity contribution >= 4 is 33.2 Å². The Hall–Kier alpha value is -2.50. The standard InChI is InChI=1S/C16H12ClFN8S2/c1-25-15(10-4-6-19-7-5-10)21-22-16(25)28-27-9-14-20-24-26(23-14)13-8-11(17)2-3-12(13)18/h2-8H,9H2,1H3. The fourth-order valence-corrected chi connectivity index (χ4v) is 4.39. The molecule has 0 bridgehead atoms. The highest BCUT2D eigenvalue weighted by Gasteiger charge is 2.13. The molecule has 0 spiro atoms. The van der Waals surface area contributed by atoms with Crippen molar-refractivity contribution in [3.05, 3.63) is 59.4 Å². The molecule has 0 aliphatic heterocycles. The smallest absolute Gasteiger partial charge is 0.201 e. The molecular weight excluding hydrogens is 423 g/mol. The second-order valence-corrected chi connectivity index (χ2v) is 8.24. The Morgan fingerprint density at radius 3 is 2.75 bits per heavy atom. The first kappa shape index (κ1) is 18.8. The first-order chi connectivity index (χ1) is 13.6. The number of hydrogen-bond donors (Lipinski definition) is 0. The van der Waals surface area contributed by atoms with Crippen LogP contribution in [0.4, 0.5) is 4.39 Å². The molecule has 0 amide bonds. The zero-order valence-corrected chi connectivity index (χ0v) is 16.8. The van der Waals surface area contributed by atoms with Gasteiger partial charge in [-0.05, 0) is 46.3 Å². The summed E-state index contributed by atoms with van der Waals surface area (Å²) in [5.41, 5.74) is 1.09. The van der Waals surface area contributed by atoms with Crippen molar-refractivity contribution in [2.75, 3.05) is 0 Å². The number of pyridine rings is 1. The molecule has 4 rings (SSSR count). The van der Waals surface area contributed by atoms with Crippen molar-refractivity contribution in [3.8, 4) is 17.1 Å². The van der Waals surface area contributed by atoms with Crippen molar-refractivity contribution in [2.45, 2.75) is 10.9 Å². The molecular formula is C16H12ClFN8S2. The Kier molecular flexibility index (Phi) is 5.55. The molecule has 0 saturated heterocycles. The zero-order chi connectivity index (χ0) is 19.5.